The Balaban J connectivity index is 0.000000201. The number of carbonyl (C=O) groups excluding carboxylic acids is 2. The summed E-state index contributed by atoms with van der Waals surface area (Å²) < 4.78 is 76.8. The van der Waals surface area contributed by atoms with Crippen LogP contribution in [0.3, 0.4) is 0 Å². The number of nitrogen functional groups attached to an aromatic ring is 1. The van der Waals surface area contributed by atoms with Crippen LogP contribution in [0.15, 0.2) is 115 Å². The second-order valence-electron chi connectivity index (χ2n) is 10.4. The second kappa shape index (κ2) is 18.0. The Bertz CT molecular complexity index is 2220. The van der Waals surface area contributed by atoms with Crippen LogP contribution < -0.4 is 16.4 Å². The van der Waals surface area contributed by atoms with Crippen LogP contribution in [0.1, 0.15) is 11.1 Å². The Labute approximate surface area is 321 Å². The molecule has 4 aromatic carbocycles. The molecule has 54 heavy (non-hydrogen) atoms. The van der Waals surface area contributed by atoms with E-state index < -0.39 is 29.5 Å². The van der Waals surface area contributed by atoms with Crippen LogP contribution in [0.5, 0.6) is 0 Å². The fourth-order valence-electron chi connectivity index (χ4n) is 4.14. The van der Waals surface area contributed by atoms with Gasteiger partial charge in [0.2, 0.25) is 6.08 Å². The van der Waals surface area contributed by atoms with Crippen LogP contribution >= 0.6 is 46.4 Å². The number of alkyl halides is 6. The predicted octanol–water partition coefficient (Wildman–Crippen LogP) is 11.3. The molecule has 20 heteroatoms. The number of nitrogens with zero attached hydrogens (tertiary/aromatic N) is 5. The van der Waals surface area contributed by atoms with E-state index in [0.717, 1.165) is 42.1 Å². The van der Waals surface area contributed by atoms with Crippen molar-refractivity contribution in [3.05, 3.63) is 141 Å². The lowest BCUT2D eigenvalue weighted by molar-refractivity contribution is -0.138. The zero-order chi connectivity index (χ0) is 39.6. The molecule has 280 valence electrons. The van der Waals surface area contributed by atoms with E-state index in [1.807, 2.05) is 12.1 Å². The van der Waals surface area contributed by atoms with Crippen molar-refractivity contribution in [1.82, 2.24) is 19.1 Å². The fourth-order valence-corrected chi connectivity index (χ4v) is 4.79. The Morgan fingerprint density at radius 3 is 1.35 bits per heavy atom. The van der Waals surface area contributed by atoms with Crippen molar-refractivity contribution in [3.8, 4) is 11.4 Å². The fraction of sp³-hybridized carbons (Fsp3) is 0.0588. The van der Waals surface area contributed by atoms with E-state index in [4.69, 9.17) is 52.1 Å². The number of nitrogens with one attached hydrogen (secondary N) is 2. The standard InChI is InChI=1S/C17H11Cl2F3N4O.C9H7Cl2N3.C8H4F3NO/c18-14-15(19)26(9-23-14)13-7-5-12(6-8-13)25-16(27)24-11-3-1-10(2-4-11)17(20,21)22;10-8-9(11)14(5-13-8)7-3-1-6(12)2-4-7;9-8(10,11)6-1-3-7(4-2-6)12-5-13/h1-9H,(H2,24,25,27);1-5H,12H2;1-4H. The van der Waals surface area contributed by atoms with Gasteiger partial charge in [-0.2, -0.15) is 31.3 Å². The van der Waals surface area contributed by atoms with Crippen molar-refractivity contribution >= 4 is 81.3 Å². The zero-order valence-electron chi connectivity index (χ0n) is 26.8. The number of aliphatic imine (C=N–C) groups is 1. The van der Waals surface area contributed by atoms with Gasteiger partial charge < -0.3 is 16.4 Å². The maximum absolute atomic E-state index is 12.5. The van der Waals surface area contributed by atoms with E-state index in [1.165, 1.54) is 24.5 Å². The van der Waals surface area contributed by atoms with E-state index in [1.54, 1.807) is 51.9 Å². The molecule has 6 rings (SSSR count). The van der Waals surface area contributed by atoms with Crippen molar-refractivity contribution in [2.24, 2.45) is 4.99 Å². The monoisotopic (exact) mass is 828 g/mol. The average Bonchev–Trinajstić information content (AvgIpc) is 3.64. The number of imidazole rings is 2. The molecular formula is C34H22Cl4F6N8O2. The van der Waals surface area contributed by atoms with Gasteiger partial charge in [0.1, 0.15) is 12.7 Å². The van der Waals surface area contributed by atoms with Gasteiger partial charge in [-0.3, -0.25) is 9.13 Å². The molecule has 0 unspecified atom stereocenters. The molecule has 0 fully saturated rings. The second-order valence-corrected chi connectivity index (χ2v) is 11.9. The minimum atomic E-state index is -4.43. The molecule has 0 spiro atoms. The molecule has 10 nitrogen and oxygen atoms in total. The Morgan fingerprint density at radius 2 is 1.00 bits per heavy atom. The highest BCUT2D eigenvalue weighted by Gasteiger charge is 2.30. The molecule has 0 aliphatic heterocycles. The molecule has 2 heterocycles. The van der Waals surface area contributed by atoms with Crippen LogP contribution in [0, 0.1) is 0 Å². The van der Waals surface area contributed by atoms with Crippen LogP contribution in [-0.2, 0) is 17.1 Å². The van der Waals surface area contributed by atoms with Crippen molar-refractivity contribution in [1.29, 1.82) is 0 Å². The Hall–Kier alpha value is -5.51. The third kappa shape index (κ3) is 11.5. The molecule has 2 aromatic heterocycles. The number of nitrogens with two attached hydrogens (primary N) is 1. The number of rotatable bonds is 5. The molecule has 2 amide bonds. The van der Waals surface area contributed by atoms with Crippen molar-refractivity contribution in [2.75, 3.05) is 16.4 Å². The smallest absolute Gasteiger partial charge is 0.399 e. The van der Waals surface area contributed by atoms with Crippen molar-refractivity contribution in [3.63, 3.8) is 0 Å². The zero-order valence-corrected chi connectivity index (χ0v) is 29.8. The first-order chi connectivity index (χ1) is 25.5. The summed E-state index contributed by atoms with van der Waals surface area (Å²) in [7, 11) is 0. The molecule has 0 saturated carbocycles. The first kappa shape index (κ1) is 41.2. The molecule has 0 aliphatic carbocycles. The molecule has 4 N–H and O–H groups in total. The molecule has 0 atom stereocenters. The van der Waals surface area contributed by atoms with Gasteiger partial charge in [-0.15, -0.1) is 0 Å². The Kier molecular flexibility index (Phi) is 13.8. The number of isocyanates is 1. The summed E-state index contributed by atoms with van der Waals surface area (Å²) in [6, 6.07) is 21.4. The number of benzene rings is 4. The number of urea groups is 1. The third-order valence-electron chi connectivity index (χ3n) is 6.75. The van der Waals surface area contributed by atoms with Gasteiger partial charge in [0.05, 0.1) is 16.8 Å². The lowest BCUT2D eigenvalue weighted by Gasteiger charge is -2.10. The lowest BCUT2D eigenvalue weighted by atomic mass is 10.2. The number of anilines is 3. The van der Waals surface area contributed by atoms with Crippen LogP contribution in [-0.4, -0.2) is 31.2 Å². The molecule has 0 radical (unpaired) electrons. The van der Waals surface area contributed by atoms with Crippen molar-refractivity contribution in [2.45, 2.75) is 12.4 Å². The summed E-state index contributed by atoms with van der Waals surface area (Å²) in [5, 5.41) is 6.17. The van der Waals surface area contributed by atoms with E-state index in [-0.39, 0.29) is 21.7 Å². The maximum Gasteiger partial charge on any atom is 0.416 e. The maximum atomic E-state index is 12.5. The van der Waals surface area contributed by atoms with Crippen molar-refractivity contribution < 1.29 is 35.9 Å². The highest BCUT2D eigenvalue weighted by Crippen LogP contribution is 2.31. The van der Waals surface area contributed by atoms with E-state index in [0.29, 0.717) is 27.4 Å². The predicted molar refractivity (Wildman–Crippen MR) is 195 cm³/mol. The third-order valence-corrected chi connectivity index (χ3v) is 8.22. The number of hydrogen-bond donors (Lipinski definition) is 3. The summed E-state index contributed by atoms with van der Waals surface area (Å²) in [6.45, 7) is 0. The average molecular weight is 830 g/mol. The number of halogens is 10. The van der Waals surface area contributed by atoms with Crippen LogP contribution in [0.4, 0.5) is 53.9 Å². The van der Waals surface area contributed by atoms with E-state index >= 15 is 0 Å². The van der Waals surface area contributed by atoms with Gasteiger partial charge in [0.15, 0.2) is 20.6 Å². The summed E-state index contributed by atoms with van der Waals surface area (Å²) in [5.74, 6) is 0. The normalized spacial score (nSPS) is 10.9. The first-order valence-electron chi connectivity index (χ1n) is 14.7. The quantitative estimate of drug-likeness (QED) is 0.0689. The summed E-state index contributed by atoms with van der Waals surface area (Å²) >= 11 is 23.5. The molecular weight excluding hydrogens is 808 g/mol. The summed E-state index contributed by atoms with van der Waals surface area (Å²) in [6.07, 6.45) is -4.52. The SMILES string of the molecule is Nc1ccc(-n2cnc(Cl)c2Cl)cc1.O=C(Nc1ccc(-n2cnc(Cl)c2Cl)cc1)Nc1ccc(C(F)(F)F)cc1.O=C=Nc1ccc(C(F)(F)F)cc1. The number of amides is 2. The lowest BCUT2D eigenvalue weighted by Crippen LogP contribution is -2.19. The van der Waals surface area contributed by atoms with E-state index in [2.05, 4.69) is 25.6 Å². The van der Waals surface area contributed by atoms with Gasteiger partial charge in [-0.05, 0) is 97.1 Å². The van der Waals surface area contributed by atoms with Gasteiger partial charge >= 0.3 is 18.4 Å². The molecule has 0 saturated heterocycles. The highest BCUT2D eigenvalue weighted by atomic mass is 35.5. The van der Waals surface area contributed by atoms with Gasteiger partial charge in [-0.25, -0.2) is 19.6 Å². The van der Waals surface area contributed by atoms with Gasteiger partial charge in [0, 0.05) is 28.4 Å². The first-order valence-corrected chi connectivity index (χ1v) is 16.2. The van der Waals surface area contributed by atoms with Gasteiger partial charge in [0.25, 0.3) is 0 Å². The highest BCUT2D eigenvalue weighted by molar-refractivity contribution is 6.41. The number of carbonyl (C=O) groups is 1. The summed E-state index contributed by atoms with van der Waals surface area (Å²) in [5.41, 5.74) is 7.15. The molecule has 0 bridgehead atoms. The van der Waals surface area contributed by atoms with Crippen LogP contribution in [0.2, 0.25) is 20.6 Å². The van der Waals surface area contributed by atoms with Crippen LogP contribution in [0.25, 0.3) is 11.4 Å². The molecule has 0 aliphatic rings. The number of aromatic nitrogens is 4. The molecule has 6 aromatic rings. The topological polar surface area (TPSA) is 132 Å². The minimum absolute atomic E-state index is 0.156. The number of hydrogen-bond acceptors (Lipinski definition) is 6. The minimum Gasteiger partial charge on any atom is -0.399 e. The Morgan fingerprint density at radius 1 is 0.630 bits per heavy atom. The van der Waals surface area contributed by atoms with Gasteiger partial charge in [-0.1, -0.05) is 46.4 Å². The van der Waals surface area contributed by atoms with E-state index in [9.17, 15) is 35.9 Å². The largest absolute Gasteiger partial charge is 0.416 e. The summed E-state index contributed by atoms with van der Waals surface area (Å²) in [4.78, 5) is 32.6.